The molecule has 1 aliphatic rings. The van der Waals surface area contributed by atoms with Gasteiger partial charge in [0.25, 0.3) is 0 Å². The SMILES string of the molecule is O=C(NC(Cc1ccc(CP(=O)(OF)OF)cc1)C(=O)O)OCC1c2ccccc2-c2ccccc21. The van der Waals surface area contributed by atoms with Gasteiger partial charge >= 0.3 is 19.7 Å². The van der Waals surface area contributed by atoms with Crippen molar-refractivity contribution in [3.8, 4) is 11.1 Å². The molecule has 1 unspecified atom stereocenters. The number of carbonyl (C=O) groups excluding carboxylic acids is 1. The summed E-state index contributed by atoms with van der Waals surface area (Å²) in [7, 11) is -4.54. The maximum Gasteiger partial charge on any atom is 0.407 e. The molecule has 0 spiro atoms. The van der Waals surface area contributed by atoms with Crippen LogP contribution in [0.2, 0.25) is 0 Å². The zero-order chi connectivity index (χ0) is 25.7. The Hall–Kier alpha value is -3.59. The summed E-state index contributed by atoms with van der Waals surface area (Å²) in [6.45, 7) is 0.0359. The van der Waals surface area contributed by atoms with Crippen molar-refractivity contribution in [3.63, 3.8) is 0 Å². The first-order valence-electron chi connectivity index (χ1n) is 11.0. The topological polar surface area (TPSA) is 111 Å². The number of amides is 1. The molecule has 1 atom stereocenters. The van der Waals surface area contributed by atoms with Crippen LogP contribution >= 0.6 is 7.60 Å². The number of ether oxygens (including phenoxy) is 1. The first-order chi connectivity index (χ1) is 17.3. The summed E-state index contributed by atoms with van der Waals surface area (Å²) in [4.78, 5) is 24.2. The average molecular weight is 517 g/mol. The molecule has 0 radical (unpaired) electrons. The van der Waals surface area contributed by atoms with Gasteiger partial charge in [0.05, 0.1) is 6.16 Å². The second kappa shape index (κ2) is 11.0. The van der Waals surface area contributed by atoms with Crippen molar-refractivity contribution in [2.24, 2.45) is 0 Å². The lowest BCUT2D eigenvalue weighted by Crippen LogP contribution is -2.42. The Morgan fingerprint density at radius 3 is 1.94 bits per heavy atom. The molecule has 0 saturated heterocycles. The monoisotopic (exact) mass is 517 g/mol. The van der Waals surface area contributed by atoms with Gasteiger partial charge in [-0.05, 0) is 42.4 Å². The van der Waals surface area contributed by atoms with Crippen LogP contribution in [0.1, 0.15) is 28.2 Å². The number of hydrogen-bond acceptors (Lipinski definition) is 6. The van der Waals surface area contributed by atoms with Crippen molar-refractivity contribution in [2.75, 3.05) is 6.61 Å². The number of hydrogen-bond donors (Lipinski definition) is 2. The number of benzene rings is 3. The molecule has 1 aliphatic carbocycles. The van der Waals surface area contributed by atoms with E-state index in [-0.39, 0.29) is 24.5 Å². The fourth-order valence-electron chi connectivity index (χ4n) is 4.28. The highest BCUT2D eigenvalue weighted by Crippen LogP contribution is 2.52. The van der Waals surface area contributed by atoms with E-state index in [2.05, 4.69) is 14.8 Å². The zero-order valence-electron chi connectivity index (χ0n) is 18.8. The lowest BCUT2D eigenvalue weighted by Gasteiger charge is -2.18. The molecule has 0 aromatic heterocycles. The van der Waals surface area contributed by atoms with Crippen molar-refractivity contribution in [1.29, 1.82) is 0 Å². The molecule has 0 saturated carbocycles. The van der Waals surface area contributed by atoms with Crippen LogP contribution in [0.5, 0.6) is 0 Å². The van der Waals surface area contributed by atoms with Gasteiger partial charge < -0.3 is 15.2 Å². The van der Waals surface area contributed by atoms with E-state index in [4.69, 9.17) is 4.74 Å². The van der Waals surface area contributed by atoms with Gasteiger partial charge in [-0.2, -0.15) is 0 Å². The second-order valence-electron chi connectivity index (χ2n) is 8.29. The van der Waals surface area contributed by atoms with E-state index >= 15 is 0 Å². The predicted molar refractivity (Wildman–Crippen MR) is 125 cm³/mol. The number of halogens is 2. The highest BCUT2D eigenvalue weighted by Gasteiger charge is 2.30. The first-order valence-corrected chi connectivity index (χ1v) is 12.7. The van der Waals surface area contributed by atoms with E-state index in [1.54, 1.807) is 0 Å². The van der Waals surface area contributed by atoms with E-state index in [0.29, 0.717) is 5.56 Å². The molecule has 2 N–H and O–H groups in total. The summed E-state index contributed by atoms with van der Waals surface area (Å²) in [5.41, 5.74) is 4.95. The van der Waals surface area contributed by atoms with Crippen molar-refractivity contribution in [1.82, 2.24) is 5.32 Å². The summed E-state index contributed by atoms with van der Waals surface area (Å²) in [6, 6.07) is 20.1. The van der Waals surface area contributed by atoms with Crippen molar-refractivity contribution < 1.29 is 42.5 Å². The Labute approximate surface area is 205 Å². The third-order valence-electron chi connectivity index (χ3n) is 5.98. The lowest BCUT2D eigenvalue weighted by molar-refractivity contribution is -0.139. The van der Waals surface area contributed by atoms with Gasteiger partial charge in [-0.1, -0.05) is 72.8 Å². The highest BCUT2D eigenvalue weighted by molar-refractivity contribution is 7.52. The van der Waals surface area contributed by atoms with Crippen LogP contribution < -0.4 is 5.32 Å². The van der Waals surface area contributed by atoms with E-state index in [0.717, 1.165) is 22.3 Å². The Bertz CT molecular complexity index is 1250. The van der Waals surface area contributed by atoms with Crippen molar-refractivity contribution in [3.05, 3.63) is 95.1 Å². The summed E-state index contributed by atoms with van der Waals surface area (Å²) in [6.07, 6.45) is -1.61. The number of aliphatic carboxylic acids is 1. The fourth-order valence-corrected chi connectivity index (χ4v) is 5.06. The van der Waals surface area contributed by atoms with E-state index in [1.165, 1.54) is 24.3 Å². The van der Waals surface area contributed by atoms with Crippen LogP contribution in [0.3, 0.4) is 0 Å². The molecule has 0 fully saturated rings. The van der Waals surface area contributed by atoms with Gasteiger partial charge in [-0.25, -0.2) is 9.59 Å². The number of fused-ring (bicyclic) bond motifs is 3. The number of carboxylic acid groups (broad SMARTS) is 1. The molecule has 0 bridgehead atoms. The Kier molecular flexibility index (Phi) is 7.79. The van der Waals surface area contributed by atoms with Gasteiger partial charge in [-0.15, -0.1) is 9.46 Å². The third-order valence-corrected chi connectivity index (χ3v) is 7.16. The molecular formula is C25H22F2NO7P. The standard InChI is InChI=1S/C25H22F2NO7P/c26-34-36(32,35-27)15-17-11-9-16(10-12-17)13-23(24(29)30)28-25(31)33-14-22-20-7-3-1-5-18(20)19-6-2-4-8-21(19)22/h1-12,22-23H,13-15H2,(H,28,31)(H,29,30). The van der Waals surface area contributed by atoms with E-state index in [9.17, 15) is 28.3 Å². The van der Waals surface area contributed by atoms with Crippen LogP contribution in [-0.2, 0) is 36.1 Å². The quantitative estimate of drug-likeness (QED) is 0.331. The van der Waals surface area contributed by atoms with Crippen LogP contribution in [0.4, 0.5) is 13.8 Å². The Morgan fingerprint density at radius 1 is 0.889 bits per heavy atom. The van der Waals surface area contributed by atoms with Gasteiger partial charge in [-0.3, -0.25) is 4.57 Å². The first kappa shape index (κ1) is 25.5. The molecule has 0 aliphatic heterocycles. The molecular weight excluding hydrogens is 495 g/mol. The van der Waals surface area contributed by atoms with E-state index in [1.807, 2.05) is 48.5 Å². The van der Waals surface area contributed by atoms with Gasteiger partial charge in [0.15, 0.2) is 0 Å². The van der Waals surface area contributed by atoms with Crippen molar-refractivity contribution >= 4 is 19.7 Å². The predicted octanol–water partition coefficient (Wildman–Crippen LogP) is 5.72. The third kappa shape index (κ3) is 5.62. The summed E-state index contributed by atoms with van der Waals surface area (Å²) in [5.74, 6) is -1.44. The molecule has 8 nitrogen and oxygen atoms in total. The molecule has 36 heavy (non-hydrogen) atoms. The molecule has 3 aromatic rings. The van der Waals surface area contributed by atoms with Crippen LogP contribution in [-0.4, -0.2) is 29.8 Å². The summed E-state index contributed by atoms with van der Waals surface area (Å²) < 4.78 is 47.6. The average Bonchev–Trinajstić information content (AvgIpc) is 3.21. The second-order valence-corrected chi connectivity index (χ2v) is 10.1. The summed E-state index contributed by atoms with van der Waals surface area (Å²) in [5, 5.41) is 11.9. The number of carboxylic acids is 1. The fraction of sp³-hybridized carbons (Fsp3) is 0.200. The van der Waals surface area contributed by atoms with E-state index < -0.39 is 31.9 Å². The largest absolute Gasteiger partial charge is 0.480 e. The minimum atomic E-state index is -4.54. The van der Waals surface area contributed by atoms with Crippen LogP contribution in [0.25, 0.3) is 11.1 Å². The molecule has 4 rings (SSSR count). The number of rotatable bonds is 10. The lowest BCUT2D eigenvalue weighted by atomic mass is 9.98. The zero-order valence-corrected chi connectivity index (χ0v) is 19.7. The Morgan fingerprint density at radius 2 is 1.42 bits per heavy atom. The van der Waals surface area contributed by atoms with Gasteiger partial charge in [0.2, 0.25) is 0 Å². The normalized spacial score (nSPS) is 13.5. The minimum absolute atomic E-state index is 0.0359. The molecule has 11 heteroatoms. The number of alkyl carbamates (subject to hydrolysis) is 1. The maximum atomic E-state index is 12.5. The highest BCUT2D eigenvalue weighted by atomic mass is 31.2. The number of carbonyl (C=O) groups is 2. The molecule has 3 aromatic carbocycles. The maximum absolute atomic E-state index is 12.5. The molecule has 0 heterocycles. The van der Waals surface area contributed by atoms with Crippen LogP contribution in [0.15, 0.2) is 72.8 Å². The van der Waals surface area contributed by atoms with Crippen molar-refractivity contribution in [2.45, 2.75) is 24.5 Å². The Balaban J connectivity index is 1.37. The number of nitrogens with one attached hydrogen (secondary N) is 1. The smallest absolute Gasteiger partial charge is 0.407 e. The summed E-state index contributed by atoms with van der Waals surface area (Å²) >= 11 is 0. The molecule has 188 valence electrons. The van der Waals surface area contributed by atoms with Gasteiger partial charge in [0.1, 0.15) is 12.6 Å². The van der Waals surface area contributed by atoms with Gasteiger partial charge in [0, 0.05) is 12.3 Å². The minimum Gasteiger partial charge on any atom is -0.480 e. The molecule has 1 amide bonds. The van der Waals surface area contributed by atoms with Crippen LogP contribution in [0, 0.1) is 0 Å².